The van der Waals surface area contributed by atoms with Crippen molar-refractivity contribution < 1.29 is 28.5 Å². The number of aromatic nitrogens is 3. The first kappa shape index (κ1) is 25.3. The van der Waals surface area contributed by atoms with Gasteiger partial charge in [-0.25, -0.2) is 4.98 Å². The summed E-state index contributed by atoms with van der Waals surface area (Å²) in [5.41, 5.74) is 2.49. The summed E-state index contributed by atoms with van der Waals surface area (Å²) in [6.45, 7) is 0.186. The van der Waals surface area contributed by atoms with E-state index in [2.05, 4.69) is 25.3 Å². The lowest BCUT2D eigenvalue weighted by atomic mass is 10.2. The molecule has 0 aliphatic heterocycles. The van der Waals surface area contributed by atoms with Crippen molar-refractivity contribution in [3.8, 4) is 22.9 Å². The summed E-state index contributed by atoms with van der Waals surface area (Å²) < 4.78 is 22.7. The van der Waals surface area contributed by atoms with Gasteiger partial charge < -0.3 is 34.1 Å². The number of benzene rings is 2. The fourth-order valence-corrected chi connectivity index (χ4v) is 3.75. The molecule has 0 spiro atoms. The van der Waals surface area contributed by atoms with Gasteiger partial charge in [0.05, 0.1) is 34.9 Å². The Labute approximate surface area is 213 Å². The molecule has 2 N–H and O–H groups in total. The maximum Gasteiger partial charge on any atom is 0.307 e. The van der Waals surface area contributed by atoms with Crippen LogP contribution in [-0.2, 0) is 9.53 Å². The first-order valence-corrected chi connectivity index (χ1v) is 11.3. The second-order valence-electron chi connectivity index (χ2n) is 7.83. The van der Waals surface area contributed by atoms with Crippen molar-refractivity contribution in [2.45, 2.75) is 6.42 Å². The monoisotopic (exact) mass is 505 g/mol. The Balaban J connectivity index is 1.60. The number of esters is 1. The Morgan fingerprint density at radius 3 is 2.41 bits per heavy atom. The van der Waals surface area contributed by atoms with E-state index >= 15 is 0 Å². The zero-order valence-corrected chi connectivity index (χ0v) is 20.9. The quantitative estimate of drug-likeness (QED) is 0.312. The second kappa shape index (κ2) is 11.3. The standard InChI is InChI=1S/C26H27N5O6/c1-34-20-13-18(14-21(35-2)23(20)37-4)29-26-28-15-17-9-11-31(24(17)30-26)19-7-5-6-16(12-19)25(33)27-10-8-22(32)36-3/h5-7,9,11-15H,8,10H2,1-4H3,(H,27,33)(H,28,29,30). The third kappa shape index (κ3) is 5.56. The molecular formula is C26H27N5O6. The molecule has 0 saturated heterocycles. The zero-order valence-electron chi connectivity index (χ0n) is 20.9. The molecule has 0 saturated carbocycles. The number of nitrogens with one attached hydrogen (secondary N) is 2. The van der Waals surface area contributed by atoms with Crippen LogP contribution in [0.25, 0.3) is 16.7 Å². The fourth-order valence-electron chi connectivity index (χ4n) is 3.75. The van der Waals surface area contributed by atoms with Crippen LogP contribution in [0.15, 0.2) is 54.9 Å². The van der Waals surface area contributed by atoms with Gasteiger partial charge in [-0.05, 0) is 24.3 Å². The van der Waals surface area contributed by atoms with Gasteiger partial charge in [0, 0.05) is 53.4 Å². The van der Waals surface area contributed by atoms with Crippen molar-refractivity contribution in [1.29, 1.82) is 0 Å². The van der Waals surface area contributed by atoms with Crippen LogP contribution in [0.4, 0.5) is 11.6 Å². The molecule has 0 aliphatic carbocycles. The lowest BCUT2D eigenvalue weighted by Crippen LogP contribution is -2.26. The Bertz CT molecular complexity index is 1410. The molecule has 4 aromatic rings. The molecule has 11 heteroatoms. The molecule has 2 aromatic heterocycles. The summed E-state index contributed by atoms with van der Waals surface area (Å²) in [6, 6.07) is 12.5. The summed E-state index contributed by atoms with van der Waals surface area (Å²) >= 11 is 0. The molecule has 0 bridgehead atoms. The summed E-state index contributed by atoms with van der Waals surface area (Å²) in [6.07, 6.45) is 3.67. The lowest BCUT2D eigenvalue weighted by molar-refractivity contribution is -0.140. The first-order valence-electron chi connectivity index (χ1n) is 11.3. The van der Waals surface area contributed by atoms with Gasteiger partial charge in [-0.15, -0.1) is 0 Å². The third-order valence-corrected chi connectivity index (χ3v) is 5.58. The summed E-state index contributed by atoms with van der Waals surface area (Å²) in [7, 11) is 5.94. The first-order chi connectivity index (χ1) is 18.0. The van der Waals surface area contributed by atoms with E-state index in [9.17, 15) is 9.59 Å². The van der Waals surface area contributed by atoms with E-state index in [0.717, 1.165) is 11.1 Å². The largest absolute Gasteiger partial charge is 0.493 e. The molecular weight excluding hydrogens is 478 g/mol. The van der Waals surface area contributed by atoms with Crippen LogP contribution < -0.4 is 24.8 Å². The minimum Gasteiger partial charge on any atom is -0.493 e. The minimum atomic E-state index is -0.386. The number of methoxy groups -OCH3 is 4. The van der Waals surface area contributed by atoms with Gasteiger partial charge in [-0.2, -0.15) is 4.98 Å². The number of hydrogen-bond acceptors (Lipinski definition) is 9. The van der Waals surface area contributed by atoms with Crippen molar-refractivity contribution >= 4 is 34.5 Å². The van der Waals surface area contributed by atoms with Crippen LogP contribution in [0.1, 0.15) is 16.8 Å². The Hall–Kier alpha value is -4.80. The van der Waals surface area contributed by atoms with Crippen molar-refractivity contribution in [2.24, 2.45) is 0 Å². The maximum absolute atomic E-state index is 12.6. The number of fused-ring (bicyclic) bond motifs is 1. The average molecular weight is 506 g/mol. The highest BCUT2D eigenvalue weighted by Crippen LogP contribution is 2.40. The summed E-state index contributed by atoms with van der Waals surface area (Å²) in [4.78, 5) is 33.0. The van der Waals surface area contributed by atoms with Crippen LogP contribution in [0.3, 0.4) is 0 Å². The Kier molecular flexibility index (Phi) is 7.72. The van der Waals surface area contributed by atoms with Crippen LogP contribution in [-0.4, -0.2) is 61.4 Å². The smallest absolute Gasteiger partial charge is 0.307 e. The number of ether oxygens (including phenoxy) is 4. The SMILES string of the molecule is COC(=O)CCNC(=O)c1cccc(-n2ccc3cnc(Nc4cc(OC)c(OC)c(OC)c4)nc32)c1. The van der Waals surface area contributed by atoms with Gasteiger partial charge in [-0.1, -0.05) is 6.07 Å². The van der Waals surface area contributed by atoms with E-state index in [0.29, 0.717) is 40.1 Å². The molecule has 1 amide bonds. The third-order valence-electron chi connectivity index (χ3n) is 5.58. The normalized spacial score (nSPS) is 10.6. The molecule has 2 aromatic carbocycles. The number of anilines is 2. The van der Waals surface area contributed by atoms with E-state index in [1.165, 1.54) is 7.11 Å². The van der Waals surface area contributed by atoms with Crippen LogP contribution in [0, 0.1) is 0 Å². The number of rotatable bonds is 10. The molecule has 0 unspecified atom stereocenters. The molecule has 2 heterocycles. The number of carbonyl (C=O) groups excluding carboxylic acids is 2. The highest BCUT2D eigenvalue weighted by molar-refractivity contribution is 5.95. The van der Waals surface area contributed by atoms with Crippen LogP contribution in [0.2, 0.25) is 0 Å². The summed E-state index contributed by atoms with van der Waals surface area (Å²) in [5, 5.41) is 6.72. The molecule has 11 nitrogen and oxygen atoms in total. The van der Waals surface area contributed by atoms with Crippen LogP contribution in [0.5, 0.6) is 17.2 Å². The van der Waals surface area contributed by atoms with E-state index in [-0.39, 0.29) is 24.8 Å². The fraction of sp³-hybridized carbons (Fsp3) is 0.231. The second-order valence-corrected chi connectivity index (χ2v) is 7.83. The number of amides is 1. The average Bonchev–Trinajstić information content (AvgIpc) is 3.35. The van der Waals surface area contributed by atoms with Gasteiger partial charge in [-0.3, -0.25) is 9.59 Å². The van der Waals surface area contributed by atoms with Gasteiger partial charge in [0.25, 0.3) is 5.91 Å². The molecule has 4 rings (SSSR count). The number of hydrogen-bond donors (Lipinski definition) is 2. The number of nitrogens with zero attached hydrogens (tertiary/aromatic N) is 3. The van der Waals surface area contributed by atoms with Gasteiger partial charge in [0.15, 0.2) is 11.5 Å². The Morgan fingerprint density at radius 2 is 1.73 bits per heavy atom. The highest BCUT2D eigenvalue weighted by Gasteiger charge is 2.15. The molecule has 0 atom stereocenters. The Morgan fingerprint density at radius 1 is 0.973 bits per heavy atom. The molecule has 0 fully saturated rings. The van der Waals surface area contributed by atoms with Crippen molar-refractivity contribution in [2.75, 3.05) is 40.3 Å². The van der Waals surface area contributed by atoms with E-state index < -0.39 is 0 Å². The molecule has 0 aliphatic rings. The predicted molar refractivity (Wildman–Crippen MR) is 137 cm³/mol. The topological polar surface area (TPSA) is 126 Å². The van der Waals surface area contributed by atoms with Gasteiger partial charge >= 0.3 is 5.97 Å². The molecule has 37 heavy (non-hydrogen) atoms. The van der Waals surface area contributed by atoms with Crippen molar-refractivity contribution in [3.05, 3.63) is 60.4 Å². The van der Waals surface area contributed by atoms with E-state index in [1.54, 1.807) is 57.9 Å². The van der Waals surface area contributed by atoms with Crippen molar-refractivity contribution in [3.63, 3.8) is 0 Å². The van der Waals surface area contributed by atoms with E-state index in [4.69, 9.17) is 14.2 Å². The van der Waals surface area contributed by atoms with Gasteiger partial charge in [0.1, 0.15) is 5.65 Å². The van der Waals surface area contributed by atoms with Crippen molar-refractivity contribution in [1.82, 2.24) is 19.9 Å². The van der Waals surface area contributed by atoms with Crippen LogP contribution >= 0.6 is 0 Å². The number of carbonyl (C=O) groups is 2. The predicted octanol–water partition coefficient (Wildman–Crippen LogP) is 3.48. The minimum absolute atomic E-state index is 0.100. The van der Waals surface area contributed by atoms with E-state index in [1.807, 2.05) is 22.9 Å². The maximum atomic E-state index is 12.6. The highest BCUT2D eigenvalue weighted by atomic mass is 16.5. The zero-order chi connectivity index (χ0) is 26.4. The summed E-state index contributed by atoms with van der Waals surface area (Å²) in [5.74, 6) is 1.16. The lowest BCUT2D eigenvalue weighted by Gasteiger charge is -2.14. The molecule has 0 radical (unpaired) electrons. The molecule has 192 valence electrons. The van der Waals surface area contributed by atoms with Gasteiger partial charge in [0.2, 0.25) is 11.7 Å².